The second-order valence-corrected chi connectivity index (χ2v) is 4.97. The lowest BCUT2D eigenvalue weighted by molar-refractivity contribution is 0.0500. The van der Waals surface area contributed by atoms with Crippen LogP contribution in [-0.4, -0.2) is 17.7 Å². The minimum Gasteiger partial charge on any atom is -0.444 e. The lowest BCUT2D eigenvalue weighted by Crippen LogP contribution is -2.38. The molecule has 0 fully saturated rings. The number of carbonyl (C=O) groups is 1. The number of hydrogen-bond donors (Lipinski definition) is 1. The van der Waals surface area contributed by atoms with Crippen LogP contribution in [0.25, 0.3) is 0 Å². The molecule has 0 aliphatic heterocycles. The Morgan fingerprint density at radius 2 is 2.12 bits per heavy atom. The fourth-order valence-electron chi connectivity index (χ4n) is 1.36. The quantitative estimate of drug-likeness (QED) is 0.555. The molecule has 3 nitrogen and oxygen atoms in total. The van der Waals surface area contributed by atoms with E-state index >= 15 is 0 Å². The number of alkyl carbamates (subject to hydrolysis) is 1. The molecule has 0 saturated carbocycles. The van der Waals surface area contributed by atoms with E-state index in [1.807, 2.05) is 26.8 Å². The molecule has 16 heavy (non-hydrogen) atoms. The lowest BCUT2D eigenvalue weighted by atomic mass is 10.1. The summed E-state index contributed by atoms with van der Waals surface area (Å²) in [6, 6.07) is 0.204. The van der Waals surface area contributed by atoms with Crippen molar-refractivity contribution in [2.75, 3.05) is 0 Å². The van der Waals surface area contributed by atoms with Crippen LogP contribution >= 0.6 is 0 Å². The van der Waals surface area contributed by atoms with Crippen molar-refractivity contribution in [2.24, 2.45) is 0 Å². The lowest BCUT2D eigenvalue weighted by Gasteiger charge is -2.23. The molecule has 0 heterocycles. The molecule has 0 spiro atoms. The Kier molecular flexibility index (Phi) is 6.86. The third kappa shape index (κ3) is 8.33. The molecule has 0 aromatic carbocycles. The van der Waals surface area contributed by atoms with Crippen molar-refractivity contribution in [1.82, 2.24) is 5.32 Å². The zero-order valence-corrected chi connectivity index (χ0v) is 11.0. The fourth-order valence-corrected chi connectivity index (χ4v) is 1.36. The smallest absolute Gasteiger partial charge is 0.407 e. The number of unbranched alkanes of at least 4 members (excludes halogenated alkanes) is 1. The molecule has 0 rings (SSSR count). The summed E-state index contributed by atoms with van der Waals surface area (Å²) in [5.74, 6) is 0. The van der Waals surface area contributed by atoms with E-state index in [0.29, 0.717) is 0 Å². The topological polar surface area (TPSA) is 38.3 Å². The normalized spacial score (nSPS) is 13.0. The molecule has 1 N–H and O–H groups in total. The molecule has 0 bridgehead atoms. The van der Waals surface area contributed by atoms with Crippen molar-refractivity contribution < 1.29 is 9.53 Å². The summed E-state index contributed by atoms with van der Waals surface area (Å²) in [5.41, 5.74) is -0.427. The third-order valence-corrected chi connectivity index (χ3v) is 2.17. The summed E-state index contributed by atoms with van der Waals surface area (Å²) >= 11 is 0. The largest absolute Gasteiger partial charge is 0.444 e. The van der Waals surface area contributed by atoms with Gasteiger partial charge in [0.25, 0.3) is 0 Å². The molecule has 3 heteroatoms. The molecule has 0 saturated heterocycles. The minimum atomic E-state index is -0.427. The summed E-state index contributed by atoms with van der Waals surface area (Å²) in [6.45, 7) is 11.3. The highest BCUT2D eigenvalue weighted by atomic mass is 16.6. The predicted octanol–water partition coefficient (Wildman–Crippen LogP) is 3.65. The maximum atomic E-state index is 11.5. The van der Waals surface area contributed by atoms with Gasteiger partial charge in [0.05, 0.1) is 0 Å². The molecule has 0 aliphatic carbocycles. The van der Waals surface area contributed by atoms with Gasteiger partial charge in [0.15, 0.2) is 0 Å². The SMILES string of the molecule is C=CCCC[C@@H](CC)NC(=O)OC(C)(C)C. The molecule has 1 atom stereocenters. The number of hydrogen-bond acceptors (Lipinski definition) is 2. The van der Waals surface area contributed by atoms with Crippen molar-refractivity contribution in [3.05, 3.63) is 12.7 Å². The Balaban J connectivity index is 3.92. The second kappa shape index (κ2) is 7.31. The number of carbonyl (C=O) groups excluding carboxylic acids is 1. The molecule has 0 unspecified atom stereocenters. The van der Waals surface area contributed by atoms with Crippen LogP contribution in [0, 0.1) is 0 Å². The van der Waals surface area contributed by atoms with E-state index in [9.17, 15) is 4.79 Å². The van der Waals surface area contributed by atoms with E-state index in [2.05, 4.69) is 18.8 Å². The van der Waals surface area contributed by atoms with Gasteiger partial charge in [-0.2, -0.15) is 0 Å². The summed E-state index contributed by atoms with van der Waals surface area (Å²) in [7, 11) is 0. The van der Waals surface area contributed by atoms with Crippen molar-refractivity contribution in [2.45, 2.75) is 65.0 Å². The van der Waals surface area contributed by atoms with Crippen LogP contribution in [0.5, 0.6) is 0 Å². The number of allylic oxidation sites excluding steroid dienone is 1. The summed E-state index contributed by atoms with van der Waals surface area (Å²) < 4.78 is 5.21. The first kappa shape index (κ1) is 15.0. The summed E-state index contributed by atoms with van der Waals surface area (Å²) in [5, 5.41) is 2.89. The molecule has 94 valence electrons. The Morgan fingerprint density at radius 1 is 1.50 bits per heavy atom. The van der Waals surface area contributed by atoms with Crippen molar-refractivity contribution >= 4 is 6.09 Å². The standard InChI is InChI=1S/C13H25NO2/c1-6-8-9-10-11(7-2)14-12(15)16-13(3,4)5/h6,11H,1,7-10H2,2-5H3,(H,14,15)/t11-/m1/s1. The van der Waals surface area contributed by atoms with E-state index in [0.717, 1.165) is 25.7 Å². The van der Waals surface area contributed by atoms with E-state index in [-0.39, 0.29) is 12.1 Å². The van der Waals surface area contributed by atoms with Gasteiger partial charge >= 0.3 is 6.09 Å². The molecular formula is C13H25NO2. The number of ether oxygens (including phenoxy) is 1. The van der Waals surface area contributed by atoms with E-state index in [1.54, 1.807) is 0 Å². The monoisotopic (exact) mass is 227 g/mol. The summed E-state index contributed by atoms with van der Waals surface area (Å²) in [6.07, 6.45) is 5.53. The highest BCUT2D eigenvalue weighted by Gasteiger charge is 2.18. The van der Waals surface area contributed by atoms with Crippen LogP contribution in [0.2, 0.25) is 0 Å². The van der Waals surface area contributed by atoms with Crippen molar-refractivity contribution in [3.63, 3.8) is 0 Å². The minimum absolute atomic E-state index is 0.204. The molecular weight excluding hydrogens is 202 g/mol. The fraction of sp³-hybridized carbons (Fsp3) is 0.769. The zero-order valence-electron chi connectivity index (χ0n) is 11.0. The molecule has 0 aromatic rings. The van der Waals surface area contributed by atoms with Crippen LogP contribution in [0.4, 0.5) is 4.79 Å². The maximum Gasteiger partial charge on any atom is 0.407 e. The maximum absolute atomic E-state index is 11.5. The van der Waals surface area contributed by atoms with E-state index in [4.69, 9.17) is 4.74 Å². The van der Waals surface area contributed by atoms with Crippen LogP contribution in [-0.2, 0) is 4.74 Å². The van der Waals surface area contributed by atoms with Crippen LogP contribution < -0.4 is 5.32 Å². The van der Waals surface area contributed by atoms with Gasteiger partial charge in [-0.3, -0.25) is 0 Å². The van der Waals surface area contributed by atoms with Crippen molar-refractivity contribution in [3.8, 4) is 0 Å². The van der Waals surface area contributed by atoms with Gasteiger partial charge in [-0.1, -0.05) is 13.0 Å². The predicted molar refractivity (Wildman–Crippen MR) is 67.5 cm³/mol. The molecule has 0 aromatic heterocycles. The number of nitrogens with one attached hydrogen (secondary N) is 1. The summed E-state index contributed by atoms with van der Waals surface area (Å²) in [4.78, 5) is 11.5. The Labute approximate surface area is 99.3 Å². The van der Waals surface area contributed by atoms with Gasteiger partial charge < -0.3 is 10.1 Å². The second-order valence-electron chi connectivity index (χ2n) is 4.97. The molecule has 0 aliphatic rings. The van der Waals surface area contributed by atoms with Gasteiger partial charge in [-0.15, -0.1) is 6.58 Å². The van der Waals surface area contributed by atoms with Gasteiger partial charge in [0.2, 0.25) is 0 Å². The van der Waals surface area contributed by atoms with Gasteiger partial charge in [-0.05, 0) is 46.5 Å². The first-order chi connectivity index (χ1) is 7.39. The van der Waals surface area contributed by atoms with Crippen LogP contribution in [0.1, 0.15) is 53.4 Å². The average molecular weight is 227 g/mol. The van der Waals surface area contributed by atoms with Gasteiger partial charge in [0.1, 0.15) is 5.60 Å². The first-order valence-electron chi connectivity index (χ1n) is 5.99. The van der Waals surface area contributed by atoms with E-state index < -0.39 is 5.60 Å². The highest BCUT2D eigenvalue weighted by molar-refractivity contribution is 5.68. The third-order valence-electron chi connectivity index (χ3n) is 2.17. The number of amides is 1. The van der Waals surface area contributed by atoms with Gasteiger partial charge in [-0.25, -0.2) is 4.79 Å². The Bertz CT molecular complexity index is 218. The first-order valence-corrected chi connectivity index (χ1v) is 5.99. The van der Waals surface area contributed by atoms with E-state index in [1.165, 1.54) is 0 Å². The molecule has 0 radical (unpaired) electrons. The Hall–Kier alpha value is -0.990. The Morgan fingerprint density at radius 3 is 2.56 bits per heavy atom. The van der Waals surface area contributed by atoms with Crippen molar-refractivity contribution in [1.29, 1.82) is 0 Å². The van der Waals surface area contributed by atoms with Crippen LogP contribution in [0.3, 0.4) is 0 Å². The van der Waals surface area contributed by atoms with Crippen LogP contribution in [0.15, 0.2) is 12.7 Å². The van der Waals surface area contributed by atoms with Gasteiger partial charge in [0, 0.05) is 6.04 Å². The average Bonchev–Trinajstić information content (AvgIpc) is 2.13. The zero-order chi connectivity index (χ0) is 12.6. The number of rotatable bonds is 6. The molecule has 1 amide bonds. The highest BCUT2D eigenvalue weighted by Crippen LogP contribution is 2.09.